The van der Waals surface area contributed by atoms with Crippen LogP contribution in [0.5, 0.6) is 0 Å². The number of hydrogen-bond donors (Lipinski definition) is 0. The molecule has 2 rings (SSSR count). The third-order valence-corrected chi connectivity index (χ3v) is 1.33. The first-order valence-corrected chi connectivity index (χ1v) is 2.62. The SMILES string of the molecule is C1=NCc2cccn21. The van der Waals surface area contributed by atoms with Gasteiger partial charge in [0.25, 0.3) is 0 Å². The van der Waals surface area contributed by atoms with Gasteiger partial charge in [0.15, 0.2) is 0 Å². The molecule has 0 bridgehead atoms. The lowest BCUT2D eigenvalue weighted by Gasteiger charge is -1.85. The van der Waals surface area contributed by atoms with E-state index >= 15 is 0 Å². The van der Waals surface area contributed by atoms with Gasteiger partial charge in [-0.2, -0.15) is 0 Å². The van der Waals surface area contributed by atoms with Gasteiger partial charge in [-0.15, -0.1) is 0 Å². The number of rotatable bonds is 0. The monoisotopic (exact) mass is 106 g/mol. The zero-order valence-corrected chi connectivity index (χ0v) is 4.41. The van der Waals surface area contributed by atoms with Crippen molar-refractivity contribution in [1.29, 1.82) is 0 Å². The molecule has 1 aromatic heterocycles. The van der Waals surface area contributed by atoms with E-state index in [4.69, 9.17) is 0 Å². The molecule has 8 heavy (non-hydrogen) atoms. The molecule has 0 fully saturated rings. The summed E-state index contributed by atoms with van der Waals surface area (Å²) in [6, 6.07) is 4.10. The topological polar surface area (TPSA) is 17.3 Å². The summed E-state index contributed by atoms with van der Waals surface area (Å²) >= 11 is 0. The van der Waals surface area contributed by atoms with Crippen molar-refractivity contribution in [2.45, 2.75) is 6.54 Å². The van der Waals surface area contributed by atoms with Crippen molar-refractivity contribution in [3.8, 4) is 0 Å². The molecule has 1 aliphatic heterocycles. The lowest BCUT2D eigenvalue weighted by Crippen LogP contribution is -1.87. The summed E-state index contributed by atoms with van der Waals surface area (Å²) in [7, 11) is 0. The van der Waals surface area contributed by atoms with Crippen LogP contribution < -0.4 is 0 Å². The van der Waals surface area contributed by atoms with Gasteiger partial charge in [-0.25, -0.2) is 0 Å². The number of nitrogens with zero attached hydrogens (tertiary/aromatic N) is 2. The highest BCUT2D eigenvalue weighted by Gasteiger charge is 2.00. The number of fused-ring (bicyclic) bond motifs is 1. The Morgan fingerprint density at radius 1 is 1.62 bits per heavy atom. The Morgan fingerprint density at radius 3 is 3.50 bits per heavy atom. The first kappa shape index (κ1) is 3.89. The van der Waals surface area contributed by atoms with Gasteiger partial charge in [0, 0.05) is 11.9 Å². The minimum atomic E-state index is 0.854. The Morgan fingerprint density at radius 2 is 2.62 bits per heavy atom. The summed E-state index contributed by atoms with van der Waals surface area (Å²) < 4.78 is 2.03. The average Bonchev–Trinajstić information content (AvgIpc) is 2.15. The van der Waals surface area contributed by atoms with Gasteiger partial charge in [0.2, 0.25) is 0 Å². The van der Waals surface area contributed by atoms with E-state index in [1.54, 1.807) is 0 Å². The third-order valence-electron chi connectivity index (χ3n) is 1.33. The van der Waals surface area contributed by atoms with Crippen LogP contribution in [0, 0.1) is 0 Å². The summed E-state index contributed by atoms with van der Waals surface area (Å²) in [4.78, 5) is 4.05. The Kier molecular flexibility index (Phi) is 0.592. The van der Waals surface area contributed by atoms with E-state index in [1.165, 1.54) is 5.69 Å². The van der Waals surface area contributed by atoms with Gasteiger partial charge < -0.3 is 4.57 Å². The first-order chi connectivity index (χ1) is 3.97. The van der Waals surface area contributed by atoms with Crippen molar-refractivity contribution < 1.29 is 0 Å². The van der Waals surface area contributed by atoms with Gasteiger partial charge in [-0.05, 0) is 12.1 Å². The van der Waals surface area contributed by atoms with E-state index < -0.39 is 0 Å². The molecule has 2 nitrogen and oxygen atoms in total. The lowest BCUT2D eigenvalue weighted by atomic mass is 10.4. The van der Waals surface area contributed by atoms with Crippen LogP contribution in [0.4, 0.5) is 0 Å². The molecular weight excluding hydrogens is 100 g/mol. The molecule has 0 unspecified atom stereocenters. The Labute approximate surface area is 47.5 Å². The van der Waals surface area contributed by atoms with E-state index in [-0.39, 0.29) is 0 Å². The second-order valence-electron chi connectivity index (χ2n) is 1.86. The molecule has 2 heteroatoms. The van der Waals surface area contributed by atoms with Crippen LogP contribution in [0.25, 0.3) is 0 Å². The molecular formula is C6H6N2. The summed E-state index contributed by atoms with van der Waals surface area (Å²) in [6.07, 6.45) is 3.85. The number of aromatic nitrogens is 1. The normalized spacial score (nSPS) is 14.5. The van der Waals surface area contributed by atoms with Crippen LogP contribution in [-0.2, 0) is 6.54 Å². The highest BCUT2D eigenvalue weighted by molar-refractivity contribution is 5.62. The van der Waals surface area contributed by atoms with Crippen LogP contribution in [0.3, 0.4) is 0 Å². The third kappa shape index (κ3) is 0.346. The molecule has 0 amide bonds. The predicted molar refractivity (Wildman–Crippen MR) is 32.0 cm³/mol. The summed E-state index contributed by atoms with van der Waals surface area (Å²) in [5, 5.41) is 0. The summed E-state index contributed by atoms with van der Waals surface area (Å²) in [6.45, 7) is 0.854. The van der Waals surface area contributed by atoms with Gasteiger partial charge >= 0.3 is 0 Å². The van der Waals surface area contributed by atoms with E-state index in [0.29, 0.717) is 0 Å². The van der Waals surface area contributed by atoms with E-state index in [9.17, 15) is 0 Å². The van der Waals surface area contributed by atoms with Crippen LogP contribution in [0.2, 0.25) is 0 Å². The maximum absolute atomic E-state index is 4.05. The smallest absolute Gasteiger partial charge is 0.0938 e. The number of aliphatic imine (C=N–C) groups is 1. The summed E-state index contributed by atoms with van der Waals surface area (Å²) in [5.41, 5.74) is 1.28. The van der Waals surface area contributed by atoms with Crippen molar-refractivity contribution in [2.75, 3.05) is 0 Å². The fourth-order valence-electron chi connectivity index (χ4n) is 0.898. The quantitative estimate of drug-likeness (QED) is 0.467. The van der Waals surface area contributed by atoms with Crippen molar-refractivity contribution >= 4 is 6.34 Å². The average molecular weight is 106 g/mol. The van der Waals surface area contributed by atoms with Gasteiger partial charge in [0.05, 0.1) is 12.9 Å². The minimum Gasteiger partial charge on any atom is -0.310 e. The van der Waals surface area contributed by atoms with E-state index in [0.717, 1.165) is 6.54 Å². The number of hydrogen-bond acceptors (Lipinski definition) is 1. The maximum Gasteiger partial charge on any atom is 0.0938 e. The maximum atomic E-state index is 4.05. The second kappa shape index (κ2) is 1.22. The van der Waals surface area contributed by atoms with Crippen LogP contribution in [-0.4, -0.2) is 10.9 Å². The van der Waals surface area contributed by atoms with Crippen LogP contribution >= 0.6 is 0 Å². The molecule has 1 aromatic rings. The lowest BCUT2D eigenvalue weighted by molar-refractivity contribution is 1.04. The molecule has 0 atom stereocenters. The Balaban J connectivity index is 2.67. The molecule has 0 spiro atoms. The second-order valence-corrected chi connectivity index (χ2v) is 1.86. The Bertz CT molecular complexity index is 222. The van der Waals surface area contributed by atoms with Gasteiger partial charge in [0.1, 0.15) is 0 Å². The standard InChI is InChI=1S/C6H6N2/c1-2-6-4-7-5-8(6)3-1/h1-3,5H,4H2. The predicted octanol–water partition coefficient (Wildman–Crippen LogP) is 0.878. The van der Waals surface area contributed by atoms with E-state index in [2.05, 4.69) is 11.1 Å². The Hall–Kier alpha value is -1.05. The minimum absolute atomic E-state index is 0.854. The fraction of sp³-hybridized carbons (Fsp3) is 0.167. The van der Waals surface area contributed by atoms with Crippen LogP contribution in [0.1, 0.15) is 5.69 Å². The zero-order valence-electron chi connectivity index (χ0n) is 4.41. The molecule has 0 radical (unpaired) electrons. The molecule has 0 saturated heterocycles. The molecule has 0 aliphatic carbocycles. The molecule has 0 saturated carbocycles. The molecule has 2 heterocycles. The molecule has 0 aromatic carbocycles. The highest BCUT2D eigenvalue weighted by atomic mass is 15.1. The first-order valence-electron chi connectivity index (χ1n) is 2.62. The van der Waals surface area contributed by atoms with Crippen molar-refractivity contribution in [2.24, 2.45) is 4.99 Å². The zero-order chi connectivity index (χ0) is 5.40. The van der Waals surface area contributed by atoms with Crippen LogP contribution in [0.15, 0.2) is 23.3 Å². The van der Waals surface area contributed by atoms with Crippen molar-refractivity contribution in [3.63, 3.8) is 0 Å². The van der Waals surface area contributed by atoms with Gasteiger partial charge in [-0.1, -0.05) is 0 Å². The van der Waals surface area contributed by atoms with Crippen molar-refractivity contribution in [3.05, 3.63) is 24.0 Å². The molecule has 0 N–H and O–H groups in total. The van der Waals surface area contributed by atoms with Crippen molar-refractivity contribution in [1.82, 2.24) is 4.57 Å². The highest BCUT2D eigenvalue weighted by Crippen LogP contribution is 2.05. The largest absolute Gasteiger partial charge is 0.310 e. The molecule has 1 aliphatic rings. The fourth-order valence-corrected chi connectivity index (χ4v) is 0.898. The molecule has 40 valence electrons. The summed E-state index contributed by atoms with van der Waals surface area (Å²) in [5.74, 6) is 0. The van der Waals surface area contributed by atoms with Gasteiger partial charge in [-0.3, -0.25) is 4.99 Å². The van der Waals surface area contributed by atoms with E-state index in [1.807, 2.05) is 23.2 Å².